The number of hydrogen-bond donors (Lipinski definition) is 1. The van der Waals surface area contributed by atoms with Crippen LogP contribution < -0.4 is 10.1 Å². The first kappa shape index (κ1) is 15.4. The van der Waals surface area contributed by atoms with Crippen molar-refractivity contribution in [1.82, 2.24) is 0 Å². The third kappa shape index (κ3) is 3.21. The van der Waals surface area contributed by atoms with Gasteiger partial charge in [-0.15, -0.1) is 0 Å². The van der Waals surface area contributed by atoms with Crippen LogP contribution in [0.2, 0.25) is 0 Å². The molecule has 0 aliphatic carbocycles. The summed E-state index contributed by atoms with van der Waals surface area (Å²) in [5.74, 6) is -1.66. The Morgan fingerprint density at radius 2 is 1.95 bits per heavy atom. The standard InChI is InChI=1S/C15H12BrF2NO2/c1-8-3-5-11(17)14(13(8)18)19-15(20)9-4-6-12(21-2)10(16)7-9/h3-7H,1-2H3,(H,19,20). The number of carbonyl (C=O) groups is 1. The summed E-state index contributed by atoms with van der Waals surface area (Å²) in [4.78, 5) is 12.1. The lowest BCUT2D eigenvalue weighted by Gasteiger charge is -2.10. The van der Waals surface area contributed by atoms with Gasteiger partial charge in [-0.3, -0.25) is 4.79 Å². The highest BCUT2D eigenvalue weighted by atomic mass is 79.9. The molecule has 2 aromatic rings. The van der Waals surface area contributed by atoms with E-state index in [1.165, 1.54) is 32.2 Å². The van der Waals surface area contributed by atoms with Crippen molar-refractivity contribution in [3.05, 3.63) is 57.6 Å². The minimum atomic E-state index is -0.820. The zero-order valence-electron chi connectivity index (χ0n) is 11.3. The number of carbonyl (C=O) groups excluding carboxylic acids is 1. The van der Waals surface area contributed by atoms with E-state index in [-0.39, 0.29) is 11.1 Å². The van der Waals surface area contributed by atoms with Crippen LogP contribution in [-0.4, -0.2) is 13.0 Å². The molecule has 0 spiro atoms. The van der Waals surface area contributed by atoms with Crippen LogP contribution in [0.4, 0.5) is 14.5 Å². The summed E-state index contributed by atoms with van der Waals surface area (Å²) in [5, 5.41) is 2.25. The highest BCUT2D eigenvalue weighted by Crippen LogP contribution is 2.27. The summed E-state index contributed by atoms with van der Waals surface area (Å²) >= 11 is 3.25. The molecule has 0 heterocycles. The molecule has 0 atom stereocenters. The molecule has 1 N–H and O–H groups in total. The molecule has 110 valence electrons. The van der Waals surface area contributed by atoms with Gasteiger partial charge in [-0.2, -0.15) is 0 Å². The van der Waals surface area contributed by atoms with Crippen molar-refractivity contribution in [2.45, 2.75) is 6.92 Å². The van der Waals surface area contributed by atoms with E-state index in [9.17, 15) is 13.6 Å². The Kier molecular flexibility index (Phi) is 4.57. The predicted octanol–water partition coefficient (Wildman–Crippen LogP) is 4.30. The highest BCUT2D eigenvalue weighted by molar-refractivity contribution is 9.10. The fourth-order valence-corrected chi connectivity index (χ4v) is 2.31. The Bertz CT molecular complexity index is 704. The summed E-state index contributed by atoms with van der Waals surface area (Å²) in [6.07, 6.45) is 0. The van der Waals surface area contributed by atoms with E-state index in [0.29, 0.717) is 10.2 Å². The molecule has 0 bridgehead atoms. The molecule has 0 aliphatic rings. The molecule has 21 heavy (non-hydrogen) atoms. The smallest absolute Gasteiger partial charge is 0.255 e. The van der Waals surface area contributed by atoms with Crippen LogP contribution in [0, 0.1) is 18.6 Å². The van der Waals surface area contributed by atoms with Gasteiger partial charge in [0.05, 0.1) is 11.6 Å². The maximum Gasteiger partial charge on any atom is 0.255 e. The first-order valence-corrected chi connectivity index (χ1v) is 6.83. The van der Waals surface area contributed by atoms with Crippen molar-refractivity contribution >= 4 is 27.5 Å². The van der Waals surface area contributed by atoms with Crippen LogP contribution in [0.5, 0.6) is 5.75 Å². The predicted molar refractivity (Wildman–Crippen MR) is 79.7 cm³/mol. The van der Waals surface area contributed by atoms with Crippen molar-refractivity contribution in [2.75, 3.05) is 12.4 Å². The molecule has 3 nitrogen and oxygen atoms in total. The normalized spacial score (nSPS) is 10.3. The van der Waals surface area contributed by atoms with Gasteiger partial charge in [0.15, 0.2) is 5.82 Å². The second kappa shape index (κ2) is 6.22. The van der Waals surface area contributed by atoms with Crippen molar-refractivity contribution in [2.24, 2.45) is 0 Å². The number of amides is 1. The Hall–Kier alpha value is -1.95. The molecule has 1 amide bonds. The molecule has 0 aliphatic heterocycles. The quantitative estimate of drug-likeness (QED) is 0.891. The largest absolute Gasteiger partial charge is 0.496 e. The Balaban J connectivity index is 2.30. The fraction of sp³-hybridized carbons (Fsp3) is 0.133. The third-order valence-electron chi connectivity index (χ3n) is 2.94. The lowest BCUT2D eigenvalue weighted by Crippen LogP contribution is -2.15. The number of ether oxygens (including phenoxy) is 1. The van der Waals surface area contributed by atoms with E-state index in [2.05, 4.69) is 21.2 Å². The van der Waals surface area contributed by atoms with Gasteiger partial charge >= 0.3 is 0 Å². The first-order chi connectivity index (χ1) is 9.93. The second-order valence-corrected chi connectivity index (χ2v) is 5.21. The molecule has 0 saturated carbocycles. The van der Waals surface area contributed by atoms with Gasteiger partial charge in [0, 0.05) is 5.56 Å². The fourth-order valence-electron chi connectivity index (χ4n) is 1.76. The number of rotatable bonds is 3. The molecule has 0 radical (unpaired) electrons. The molecule has 2 aromatic carbocycles. The van der Waals surface area contributed by atoms with Crippen LogP contribution in [0.3, 0.4) is 0 Å². The van der Waals surface area contributed by atoms with Crippen LogP contribution in [0.25, 0.3) is 0 Å². The molecule has 6 heteroatoms. The van der Waals surface area contributed by atoms with E-state index in [4.69, 9.17) is 4.74 Å². The van der Waals surface area contributed by atoms with E-state index < -0.39 is 23.2 Å². The van der Waals surface area contributed by atoms with Crippen molar-refractivity contribution < 1.29 is 18.3 Å². The average Bonchev–Trinajstić information content (AvgIpc) is 2.47. The molecule has 0 aromatic heterocycles. The van der Waals surface area contributed by atoms with Gasteiger partial charge in [0.25, 0.3) is 5.91 Å². The minimum absolute atomic E-state index is 0.252. The van der Waals surface area contributed by atoms with Crippen LogP contribution in [-0.2, 0) is 0 Å². The van der Waals surface area contributed by atoms with E-state index in [1.807, 2.05) is 0 Å². The number of anilines is 1. The Morgan fingerprint density at radius 1 is 1.24 bits per heavy atom. The van der Waals surface area contributed by atoms with E-state index >= 15 is 0 Å². The van der Waals surface area contributed by atoms with Gasteiger partial charge in [0.2, 0.25) is 0 Å². The minimum Gasteiger partial charge on any atom is -0.496 e. The zero-order valence-corrected chi connectivity index (χ0v) is 12.9. The third-order valence-corrected chi connectivity index (χ3v) is 3.56. The zero-order chi connectivity index (χ0) is 15.6. The lowest BCUT2D eigenvalue weighted by molar-refractivity contribution is 0.102. The van der Waals surface area contributed by atoms with Gasteiger partial charge in [-0.05, 0) is 52.7 Å². The molecule has 0 unspecified atom stereocenters. The number of halogens is 3. The SMILES string of the molecule is COc1ccc(C(=O)Nc2c(F)ccc(C)c2F)cc1Br. The first-order valence-electron chi connectivity index (χ1n) is 6.03. The number of benzene rings is 2. The summed E-state index contributed by atoms with van der Waals surface area (Å²) in [7, 11) is 1.50. The highest BCUT2D eigenvalue weighted by Gasteiger charge is 2.16. The number of methoxy groups -OCH3 is 1. The molecule has 0 fully saturated rings. The second-order valence-electron chi connectivity index (χ2n) is 4.36. The van der Waals surface area contributed by atoms with E-state index in [0.717, 1.165) is 6.07 Å². The van der Waals surface area contributed by atoms with Crippen LogP contribution >= 0.6 is 15.9 Å². The lowest BCUT2D eigenvalue weighted by atomic mass is 10.1. The van der Waals surface area contributed by atoms with Gasteiger partial charge in [0.1, 0.15) is 17.3 Å². The summed E-state index contributed by atoms with van der Waals surface area (Å²) in [6.45, 7) is 1.49. The van der Waals surface area contributed by atoms with Crippen LogP contribution in [0.15, 0.2) is 34.8 Å². The van der Waals surface area contributed by atoms with Gasteiger partial charge < -0.3 is 10.1 Å². The number of aryl methyl sites for hydroxylation is 1. The summed E-state index contributed by atoms with van der Waals surface area (Å²) in [6, 6.07) is 7.02. The molecule has 2 rings (SSSR count). The number of nitrogens with one attached hydrogen (secondary N) is 1. The van der Waals surface area contributed by atoms with Gasteiger partial charge in [-0.1, -0.05) is 6.07 Å². The Morgan fingerprint density at radius 3 is 2.57 bits per heavy atom. The van der Waals surface area contributed by atoms with Crippen molar-refractivity contribution in [3.63, 3.8) is 0 Å². The molecule has 0 saturated heterocycles. The van der Waals surface area contributed by atoms with Crippen molar-refractivity contribution in [3.8, 4) is 5.75 Å². The maximum atomic E-state index is 13.9. The van der Waals surface area contributed by atoms with E-state index in [1.54, 1.807) is 6.07 Å². The maximum absolute atomic E-state index is 13.9. The molecular weight excluding hydrogens is 344 g/mol. The summed E-state index contributed by atoms with van der Waals surface area (Å²) in [5.41, 5.74) is 0.0533. The number of hydrogen-bond acceptors (Lipinski definition) is 2. The van der Waals surface area contributed by atoms with Crippen LogP contribution in [0.1, 0.15) is 15.9 Å². The monoisotopic (exact) mass is 355 g/mol. The Labute approximate surface area is 129 Å². The van der Waals surface area contributed by atoms with Gasteiger partial charge in [-0.25, -0.2) is 8.78 Å². The summed E-state index contributed by atoms with van der Waals surface area (Å²) < 4.78 is 33.1. The van der Waals surface area contributed by atoms with Crippen molar-refractivity contribution in [1.29, 1.82) is 0 Å². The molecular formula is C15H12BrF2NO2. The topological polar surface area (TPSA) is 38.3 Å². The average molecular weight is 356 g/mol.